The summed E-state index contributed by atoms with van der Waals surface area (Å²) in [5, 5.41) is 15.5. The van der Waals surface area contributed by atoms with Gasteiger partial charge in [-0.15, -0.1) is 0 Å². The second-order valence-corrected chi connectivity index (χ2v) is 7.42. The van der Waals surface area contributed by atoms with Gasteiger partial charge in [0.25, 0.3) is 5.91 Å². The second-order valence-electron chi connectivity index (χ2n) is 5.62. The highest BCUT2D eigenvalue weighted by atomic mass is 127. The van der Waals surface area contributed by atoms with Gasteiger partial charge in [0.2, 0.25) is 0 Å². The van der Waals surface area contributed by atoms with Gasteiger partial charge in [0.05, 0.1) is 11.6 Å². The summed E-state index contributed by atoms with van der Waals surface area (Å²) in [7, 11) is 0. The molecule has 1 aromatic carbocycles. The molecule has 0 unspecified atom stereocenters. The monoisotopic (exact) mass is 423 g/mol. The molecule has 4 rings (SSSR count). The highest BCUT2D eigenvalue weighted by molar-refractivity contribution is 14.1. The number of thiophene rings is 1. The van der Waals surface area contributed by atoms with Crippen molar-refractivity contribution >= 4 is 50.7 Å². The Morgan fingerprint density at radius 3 is 3.00 bits per heavy atom. The summed E-state index contributed by atoms with van der Waals surface area (Å²) in [4.78, 5) is 12.6. The number of hydrogen-bond donors (Lipinski definition) is 2. The van der Waals surface area contributed by atoms with E-state index in [2.05, 4.69) is 54.9 Å². The van der Waals surface area contributed by atoms with E-state index in [1.807, 2.05) is 18.2 Å². The first-order valence-electron chi connectivity index (χ1n) is 7.19. The minimum absolute atomic E-state index is 0.0120. The lowest BCUT2D eigenvalue weighted by atomic mass is 10.0. The van der Waals surface area contributed by atoms with Crippen LogP contribution in [0.5, 0.6) is 0 Å². The normalized spacial score (nSPS) is 15.9. The zero-order chi connectivity index (χ0) is 15.1. The summed E-state index contributed by atoms with van der Waals surface area (Å²) < 4.78 is 0.888. The summed E-state index contributed by atoms with van der Waals surface area (Å²) in [6.07, 6.45) is 2.39. The number of aromatic nitrogens is 2. The summed E-state index contributed by atoms with van der Waals surface area (Å²) in [6.45, 7) is 0. The van der Waals surface area contributed by atoms with E-state index >= 15 is 0 Å². The summed E-state index contributed by atoms with van der Waals surface area (Å²) >= 11 is 3.85. The molecule has 0 saturated heterocycles. The first-order chi connectivity index (χ1) is 10.7. The van der Waals surface area contributed by atoms with E-state index in [-0.39, 0.29) is 11.9 Å². The largest absolute Gasteiger partial charge is 0.345 e. The zero-order valence-corrected chi connectivity index (χ0v) is 14.6. The van der Waals surface area contributed by atoms with E-state index < -0.39 is 0 Å². The third kappa shape index (κ3) is 2.65. The maximum atomic E-state index is 12.6. The molecule has 1 aliphatic rings. The van der Waals surface area contributed by atoms with Crippen LogP contribution < -0.4 is 5.32 Å². The lowest BCUT2D eigenvalue weighted by Gasteiger charge is -2.17. The highest BCUT2D eigenvalue weighted by Gasteiger charge is 2.33. The molecule has 1 aliphatic carbocycles. The number of carbonyl (C=O) groups is 1. The van der Waals surface area contributed by atoms with Crippen LogP contribution in [-0.4, -0.2) is 16.1 Å². The molecular formula is C16H14IN3OS. The maximum Gasteiger partial charge on any atom is 0.251 e. The topological polar surface area (TPSA) is 57.8 Å². The number of amides is 1. The van der Waals surface area contributed by atoms with Crippen molar-refractivity contribution in [3.63, 3.8) is 0 Å². The Balaban J connectivity index is 1.60. The van der Waals surface area contributed by atoms with Crippen LogP contribution >= 0.6 is 33.9 Å². The molecule has 1 atom stereocenters. The molecule has 0 radical (unpaired) electrons. The molecule has 1 amide bonds. The van der Waals surface area contributed by atoms with E-state index in [0.29, 0.717) is 11.5 Å². The molecule has 2 N–H and O–H groups in total. The average Bonchev–Trinajstić information content (AvgIpc) is 3.09. The lowest BCUT2D eigenvalue weighted by Crippen LogP contribution is -2.29. The number of benzene rings is 1. The minimum Gasteiger partial charge on any atom is -0.345 e. The Morgan fingerprint density at radius 1 is 1.41 bits per heavy atom. The van der Waals surface area contributed by atoms with Gasteiger partial charge in [-0.2, -0.15) is 16.4 Å². The average molecular weight is 423 g/mol. The summed E-state index contributed by atoms with van der Waals surface area (Å²) in [6, 6.07) is 7.92. The van der Waals surface area contributed by atoms with E-state index in [9.17, 15) is 4.79 Å². The quantitative estimate of drug-likeness (QED) is 0.621. The predicted octanol–water partition coefficient (Wildman–Crippen LogP) is 4.11. The molecule has 4 nitrogen and oxygen atoms in total. The van der Waals surface area contributed by atoms with Gasteiger partial charge in [0.15, 0.2) is 0 Å². The van der Waals surface area contributed by atoms with E-state index in [4.69, 9.17) is 0 Å². The van der Waals surface area contributed by atoms with Gasteiger partial charge < -0.3 is 5.32 Å². The van der Waals surface area contributed by atoms with Crippen molar-refractivity contribution < 1.29 is 4.79 Å². The van der Waals surface area contributed by atoms with Gasteiger partial charge in [0.1, 0.15) is 3.70 Å². The van der Waals surface area contributed by atoms with Gasteiger partial charge in [-0.25, -0.2) is 0 Å². The Hall–Kier alpha value is -1.41. The van der Waals surface area contributed by atoms with Crippen molar-refractivity contribution in [2.24, 2.45) is 5.92 Å². The van der Waals surface area contributed by atoms with Crippen molar-refractivity contribution in [3.05, 3.63) is 49.9 Å². The fourth-order valence-electron chi connectivity index (χ4n) is 2.70. The molecule has 6 heteroatoms. The predicted molar refractivity (Wildman–Crippen MR) is 96.1 cm³/mol. The van der Waals surface area contributed by atoms with Crippen LogP contribution in [0.15, 0.2) is 35.0 Å². The zero-order valence-electron chi connectivity index (χ0n) is 11.7. The van der Waals surface area contributed by atoms with E-state index in [1.54, 1.807) is 11.3 Å². The number of nitrogens with one attached hydrogen (secondary N) is 2. The van der Waals surface area contributed by atoms with Crippen molar-refractivity contribution in [2.75, 3.05) is 0 Å². The lowest BCUT2D eigenvalue weighted by molar-refractivity contribution is 0.0932. The number of rotatable bonds is 4. The molecule has 22 heavy (non-hydrogen) atoms. The van der Waals surface area contributed by atoms with Gasteiger partial charge in [-0.3, -0.25) is 9.89 Å². The van der Waals surface area contributed by atoms with Crippen LogP contribution in [-0.2, 0) is 0 Å². The van der Waals surface area contributed by atoms with Crippen molar-refractivity contribution in [1.29, 1.82) is 0 Å². The second kappa shape index (κ2) is 5.66. The van der Waals surface area contributed by atoms with Crippen LogP contribution in [0.25, 0.3) is 10.9 Å². The molecule has 1 fully saturated rings. The van der Waals surface area contributed by atoms with Gasteiger partial charge in [-0.05, 0) is 81.9 Å². The maximum absolute atomic E-state index is 12.6. The number of halogens is 1. The van der Waals surface area contributed by atoms with Crippen LogP contribution in [0.1, 0.15) is 34.8 Å². The van der Waals surface area contributed by atoms with Crippen molar-refractivity contribution in [2.45, 2.75) is 18.9 Å². The fraction of sp³-hybridized carbons (Fsp3) is 0.250. The number of nitrogens with zero attached hydrogens (tertiary/aromatic N) is 1. The van der Waals surface area contributed by atoms with Crippen molar-refractivity contribution in [3.8, 4) is 0 Å². The summed E-state index contributed by atoms with van der Waals surface area (Å²) in [5.74, 6) is 0.568. The molecule has 2 heterocycles. The third-order valence-electron chi connectivity index (χ3n) is 4.06. The number of aromatic amines is 1. The van der Waals surface area contributed by atoms with E-state index in [0.717, 1.165) is 14.6 Å². The Labute approximate surface area is 145 Å². The number of H-pyrrole nitrogens is 1. The fourth-order valence-corrected chi connectivity index (χ4v) is 3.97. The first kappa shape index (κ1) is 14.2. The van der Waals surface area contributed by atoms with Crippen LogP contribution in [0.2, 0.25) is 0 Å². The van der Waals surface area contributed by atoms with Crippen LogP contribution in [0, 0.1) is 9.62 Å². The Bertz CT molecular complexity index is 823. The SMILES string of the molecule is O=C(N[C@@H](c1ccsc1)C1CC1)c1ccc2[nH]nc(I)c2c1. The van der Waals surface area contributed by atoms with E-state index in [1.165, 1.54) is 18.4 Å². The Kier molecular flexibility index (Phi) is 3.65. The van der Waals surface area contributed by atoms with Gasteiger partial charge >= 0.3 is 0 Å². The summed E-state index contributed by atoms with van der Waals surface area (Å²) in [5.41, 5.74) is 2.87. The van der Waals surface area contributed by atoms with Gasteiger partial charge in [0, 0.05) is 10.9 Å². The smallest absolute Gasteiger partial charge is 0.251 e. The molecule has 0 aliphatic heterocycles. The van der Waals surface area contributed by atoms with Gasteiger partial charge in [-0.1, -0.05) is 0 Å². The molecule has 2 aromatic heterocycles. The van der Waals surface area contributed by atoms with Crippen molar-refractivity contribution in [1.82, 2.24) is 15.5 Å². The molecule has 1 saturated carbocycles. The number of hydrogen-bond acceptors (Lipinski definition) is 3. The van der Waals surface area contributed by atoms with Crippen LogP contribution in [0.3, 0.4) is 0 Å². The first-order valence-corrected chi connectivity index (χ1v) is 9.21. The number of carbonyl (C=O) groups excluding carboxylic acids is 1. The molecule has 112 valence electrons. The molecule has 3 aromatic rings. The Morgan fingerprint density at radius 2 is 2.27 bits per heavy atom. The number of fused-ring (bicyclic) bond motifs is 1. The molecular weight excluding hydrogens is 409 g/mol. The highest BCUT2D eigenvalue weighted by Crippen LogP contribution is 2.41. The molecule has 0 spiro atoms. The van der Waals surface area contributed by atoms with Crippen LogP contribution in [0.4, 0.5) is 0 Å². The third-order valence-corrected chi connectivity index (χ3v) is 5.58. The molecule has 0 bridgehead atoms. The minimum atomic E-state index is -0.0120. The standard InChI is InChI=1S/C16H14IN3OS/c17-15-12-7-10(3-4-13(12)19-20-15)16(21)18-14(9-1-2-9)11-5-6-22-8-11/h3-9,14H,1-2H2,(H,18,21)(H,19,20)/t14-/m1/s1.